The average molecular weight is 1490 g/mol. The molecule has 99 heavy (non-hydrogen) atoms. The molecule has 6 aromatic heterocycles. The van der Waals surface area contributed by atoms with Gasteiger partial charge < -0.3 is 74.7 Å². The summed E-state index contributed by atoms with van der Waals surface area (Å²) < 4.78 is 137. The highest BCUT2D eigenvalue weighted by atomic mass is 31.2. The van der Waals surface area contributed by atoms with Crippen molar-refractivity contribution in [2.75, 3.05) is 74.1 Å². The maximum absolute atomic E-state index is 12.2. The Bertz CT molecular complexity index is 4180. The molecule has 10 rings (SSSR count). The second-order valence-electron chi connectivity index (χ2n) is 21.9. The molecule has 4 aliphatic heterocycles. The highest BCUT2D eigenvalue weighted by Crippen LogP contribution is 2.52. The van der Waals surface area contributed by atoms with Crippen molar-refractivity contribution in [3.05, 3.63) is 84.2 Å². The van der Waals surface area contributed by atoms with Crippen LogP contribution in [0.5, 0.6) is 0 Å². The maximum Gasteiger partial charge on any atom is 0.472 e. The molecule has 0 aromatic carbocycles. The Morgan fingerprint density at radius 3 is 1.20 bits per heavy atom. The first kappa shape index (κ1) is 80.3. The summed E-state index contributed by atoms with van der Waals surface area (Å²) in [6, 6.07) is 0. The molecule has 0 saturated carbocycles. The molecular formula is C52H83N15O28P4. The molecule has 43 nitrogen and oxygen atoms in total. The van der Waals surface area contributed by atoms with E-state index in [1.54, 1.807) is 25.3 Å². The number of imidazole rings is 2. The Kier molecular flexibility index (Phi) is 27.5. The molecule has 0 radical (unpaired) electrons. The summed E-state index contributed by atoms with van der Waals surface area (Å²) in [6.45, 7) is 10.6. The predicted molar refractivity (Wildman–Crippen MR) is 343 cm³/mol. The number of H-pyrrole nitrogens is 2. The quantitative estimate of drug-likeness (QED) is 0.0391. The molecule has 20 atom stereocenters. The van der Waals surface area contributed by atoms with Crippen LogP contribution < -0.4 is 39.7 Å². The highest BCUT2D eigenvalue weighted by molar-refractivity contribution is 7.48. The molecule has 0 bridgehead atoms. The third-order valence-electron chi connectivity index (χ3n) is 16.0. The Balaban J connectivity index is 0.000000186. The van der Waals surface area contributed by atoms with Crippen molar-refractivity contribution in [1.82, 2.24) is 58.1 Å². The van der Waals surface area contributed by atoms with Crippen molar-refractivity contribution in [2.24, 2.45) is 0 Å². The number of nitrogens with zero attached hydrogens (tertiary/aromatic N) is 10. The number of aromatic nitrogens is 12. The van der Waals surface area contributed by atoms with Gasteiger partial charge in [-0.1, -0.05) is 27.7 Å². The van der Waals surface area contributed by atoms with Crippen molar-refractivity contribution in [2.45, 2.75) is 165 Å². The van der Waals surface area contributed by atoms with E-state index in [2.05, 4.69) is 58.0 Å². The SMILES string of the molecule is CC[C@H]1O[C@@H](n2cc(C)c(=O)[nH]c2=O)[C@@H](OC)C1OP(=O)(O)OC.CC[C@H]1O[C@@H](n2cc(C)c(N)nc2=O)[C@@H](OC)C1OP(=O)(O)OC.CC[C@H]1O[C@@H](n2cnc3c(=O)[nH]c(N)nc32)[C@@H](OC)C1OP(=O)(O)OC.CC[C@H]1O[C@@H](n2cnc3c(N)ncnc32)[C@@H](OC)C1OP(=O)(O)OC. The molecule has 0 spiro atoms. The van der Waals surface area contributed by atoms with E-state index in [1.807, 2.05) is 20.8 Å². The van der Waals surface area contributed by atoms with E-state index in [4.69, 9.17) is 73.2 Å². The number of aryl methyl sites for hydroxylation is 2. The number of methoxy groups -OCH3 is 4. The molecule has 6 aromatic rings. The van der Waals surface area contributed by atoms with Crippen molar-refractivity contribution in [1.29, 1.82) is 0 Å². The van der Waals surface area contributed by atoms with Crippen molar-refractivity contribution in [3.8, 4) is 0 Å². The number of nitrogen functional groups attached to an aromatic ring is 3. The van der Waals surface area contributed by atoms with Crippen LogP contribution in [0.2, 0.25) is 0 Å². The summed E-state index contributed by atoms with van der Waals surface area (Å²) in [4.78, 5) is 115. The topological polar surface area (TPSA) is 572 Å². The lowest BCUT2D eigenvalue weighted by Gasteiger charge is -2.24. The number of hydrogen-bond donors (Lipinski definition) is 9. The van der Waals surface area contributed by atoms with Gasteiger partial charge in [-0.25, -0.2) is 47.8 Å². The van der Waals surface area contributed by atoms with E-state index in [1.165, 1.54) is 73.5 Å². The van der Waals surface area contributed by atoms with E-state index in [9.17, 15) is 57.0 Å². The highest BCUT2D eigenvalue weighted by Gasteiger charge is 2.53. The Morgan fingerprint density at radius 1 is 0.455 bits per heavy atom. The Hall–Kier alpha value is -6.02. The summed E-state index contributed by atoms with van der Waals surface area (Å²) in [6.07, 6.45) is -3.15. The minimum atomic E-state index is -4.28. The van der Waals surface area contributed by atoms with Gasteiger partial charge in [-0.05, 0) is 39.5 Å². The fourth-order valence-electron chi connectivity index (χ4n) is 11.1. The van der Waals surface area contributed by atoms with E-state index >= 15 is 0 Å². The van der Waals surface area contributed by atoms with Crippen LogP contribution in [0.3, 0.4) is 0 Å². The molecule has 4 fully saturated rings. The fourth-order valence-corrected chi connectivity index (χ4v) is 13.7. The van der Waals surface area contributed by atoms with Gasteiger partial charge in [0.25, 0.3) is 11.1 Å². The van der Waals surface area contributed by atoms with Crippen molar-refractivity contribution >= 4 is 71.2 Å². The van der Waals surface area contributed by atoms with Gasteiger partial charge in [0, 0.05) is 80.4 Å². The van der Waals surface area contributed by atoms with Crippen molar-refractivity contribution < 1.29 is 112 Å². The standard InChI is InChI=1S/C13H20N5O7P.C13H20N5O6P.C13H22N3O7P.C13H21N2O8P/c1-4-6-8(25-26(20,21)23-3)9(22-2)12(24-6)18-5-15-7-10(18)16-13(14)17-11(7)19;1-4-7-9(24-25(19,20)22-3)10(21-2)13(23-7)18-6-17-8-11(14)15-5-16-12(8)18;1-5-8-9(23-24(18,19)21-4)10(20-3)12(22-8)16-6-7(2)11(14)15-13(16)17;1-5-8-9(23-24(18,19)21-4)10(20-3)12(22-8)15-6-7(2)11(16)14-13(15)17/h5-6,8-9,12H,4H2,1-3H3,(H,20,21)(H3,14,16,17,19);5-7,9-10,13H,4H2,1-3H3,(H,19,20)(H2,14,15,16);6,8-10,12H,5H2,1-4H3,(H,18,19)(H2,14,15,17);6,8-10,12H,5H2,1-4H3,(H,18,19)(H,14,16,17)/t6-,8?,9+,12-;7-,9?,10+,13-;2*8-,9?,10+,12-/m1111/s1. The summed E-state index contributed by atoms with van der Waals surface area (Å²) in [5.74, 6) is 0.299. The third kappa shape index (κ3) is 18.3. The van der Waals surface area contributed by atoms with Gasteiger partial charge in [0.05, 0.1) is 37.1 Å². The molecule has 47 heteroatoms. The number of ether oxygens (including phenoxy) is 8. The summed E-state index contributed by atoms with van der Waals surface area (Å²) in [5, 5.41) is 0. The largest absolute Gasteiger partial charge is 0.472 e. The lowest BCUT2D eigenvalue weighted by atomic mass is 10.1. The molecule has 0 aliphatic carbocycles. The molecule has 8 unspecified atom stereocenters. The average Bonchev–Trinajstić information content (AvgIpc) is 1.64. The molecule has 4 aliphatic rings. The zero-order chi connectivity index (χ0) is 73.4. The first-order valence-corrected chi connectivity index (χ1v) is 36.0. The Morgan fingerprint density at radius 2 is 0.818 bits per heavy atom. The van der Waals surface area contributed by atoms with Crippen molar-refractivity contribution in [3.63, 3.8) is 0 Å². The van der Waals surface area contributed by atoms with Crippen LogP contribution in [0.25, 0.3) is 22.3 Å². The zero-order valence-corrected chi connectivity index (χ0v) is 59.6. The second-order valence-corrected chi connectivity index (χ2v) is 28.0. The number of aromatic amines is 2. The van der Waals surface area contributed by atoms with E-state index in [0.717, 1.165) is 28.4 Å². The Labute approximate surface area is 563 Å². The first-order chi connectivity index (χ1) is 46.7. The van der Waals surface area contributed by atoms with Gasteiger partial charge in [0.2, 0.25) is 5.95 Å². The molecule has 0 amide bonds. The molecule has 12 N–H and O–H groups in total. The number of anilines is 3. The fraction of sp³-hybridized carbons (Fsp3) is 0.654. The lowest BCUT2D eigenvalue weighted by molar-refractivity contribution is -0.0543. The van der Waals surface area contributed by atoms with E-state index in [-0.39, 0.29) is 28.7 Å². The monoisotopic (exact) mass is 1490 g/mol. The minimum absolute atomic E-state index is 0.0738. The summed E-state index contributed by atoms with van der Waals surface area (Å²) >= 11 is 0. The number of hydrogen-bond acceptors (Lipinski definition) is 33. The van der Waals surface area contributed by atoms with Crippen LogP contribution in [-0.4, -0.2) is 208 Å². The van der Waals surface area contributed by atoms with Gasteiger partial charge in [0.15, 0.2) is 47.5 Å². The smallest absolute Gasteiger partial charge is 0.383 e. The van der Waals surface area contributed by atoms with Crippen LogP contribution in [-0.2, 0) is 92.3 Å². The molecule has 4 saturated heterocycles. The normalized spacial score (nSPS) is 29.2. The van der Waals surface area contributed by atoms with Gasteiger partial charge >= 0.3 is 42.7 Å². The number of phosphoric ester groups is 4. The lowest BCUT2D eigenvalue weighted by Crippen LogP contribution is -2.40. The van der Waals surface area contributed by atoms with Gasteiger partial charge in [-0.15, -0.1) is 0 Å². The van der Waals surface area contributed by atoms with E-state index in [0.29, 0.717) is 48.0 Å². The van der Waals surface area contributed by atoms with Crippen LogP contribution >= 0.6 is 31.3 Å². The van der Waals surface area contributed by atoms with Crippen LogP contribution in [0.1, 0.15) is 89.4 Å². The summed E-state index contributed by atoms with van der Waals surface area (Å²) in [5.41, 5.74) is 16.9. The number of rotatable bonds is 24. The number of nitrogens with one attached hydrogen (secondary N) is 2. The maximum atomic E-state index is 12.2. The zero-order valence-electron chi connectivity index (χ0n) is 56.0. The third-order valence-corrected chi connectivity index (χ3v) is 19.9. The summed E-state index contributed by atoms with van der Waals surface area (Å²) in [7, 11) is -7.09. The van der Waals surface area contributed by atoms with Gasteiger partial charge in [-0.3, -0.25) is 74.0 Å². The van der Waals surface area contributed by atoms with Crippen LogP contribution in [0.15, 0.2) is 50.6 Å². The van der Waals surface area contributed by atoms with Gasteiger partial charge in [0.1, 0.15) is 66.5 Å². The van der Waals surface area contributed by atoms with E-state index < -0.39 is 152 Å². The first-order valence-electron chi connectivity index (χ1n) is 30.0. The number of fused-ring (bicyclic) bond motifs is 2. The molecule has 554 valence electrons. The molecular weight excluding hydrogens is 1410 g/mol. The number of nitrogens with two attached hydrogens (primary N) is 3. The predicted octanol–water partition coefficient (Wildman–Crippen LogP) is 1.91. The minimum Gasteiger partial charge on any atom is -0.383 e. The van der Waals surface area contributed by atoms with Crippen LogP contribution in [0, 0.1) is 13.8 Å². The second kappa shape index (κ2) is 33.8. The molecule has 10 heterocycles. The van der Waals surface area contributed by atoms with Crippen LogP contribution in [0.4, 0.5) is 17.6 Å². The van der Waals surface area contributed by atoms with Gasteiger partial charge in [-0.2, -0.15) is 9.97 Å². The number of phosphoric acid groups is 4.